The highest BCUT2D eigenvalue weighted by molar-refractivity contribution is 6.12. The molecule has 0 heterocycles. The number of nitrogens with one attached hydrogen (secondary N) is 1. The Morgan fingerprint density at radius 1 is 1.00 bits per heavy atom. The molecule has 0 bridgehead atoms. The van der Waals surface area contributed by atoms with Crippen LogP contribution in [-0.4, -0.2) is 45.0 Å². The Morgan fingerprint density at radius 2 is 1.66 bits per heavy atom. The Bertz CT molecular complexity index is 1050. The molecule has 1 atom stereocenters. The van der Waals surface area contributed by atoms with Crippen molar-refractivity contribution in [3.05, 3.63) is 53.1 Å². The van der Waals surface area contributed by atoms with E-state index in [9.17, 15) is 14.4 Å². The van der Waals surface area contributed by atoms with E-state index in [2.05, 4.69) is 5.32 Å². The third kappa shape index (κ3) is 6.08. The van der Waals surface area contributed by atoms with Crippen LogP contribution >= 0.6 is 0 Å². The second-order valence-electron chi connectivity index (χ2n) is 6.95. The molecule has 9 heteroatoms. The average molecular weight is 441 g/mol. The number of rotatable bonds is 10. The Hall–Kier alpha value is -3.85. The molecule has 2 aromatic rings. The van der Waals surface area contributed by atoms with Crippen LogP contribution in [0.4, 0.5) is 5.69 Å². The van der Waals surface area contributed by atoms with E-state index in [4.69, 9.17) is 25.7 Å². The molecule has 170 valence electrons. The number of ether oxygens (including phenoxy) is 3. The summed E-state index contributed by atoms with van der Waals surface area (Å²) in [6, 6.07) is 8.89. The van der Waals surface area contributed by atoms with Gasteiger partial charge in [-0.05, 0) is 54.5 Å². The van der Waals surface area contributed by atoms with Gasteiger partial charge in [0.25, 0.3) is 0 Å². The van der Waals surface area contributed by atoms with Crippen molar-refractivity contribution in [2.75, 3.05) is 26.6 Å². The monoisotopic (exact) mass is 441 g/mol. The molecule has 0 aliphatic heterocycles. The molecule has 0 spiro atoms. The average Bonchev–Trinajstić information content (AvgIpc) is 2.77. The lowest BCUT2D eigenvalue weighted by molar-refractivity contribution is -0.123. The summed E-state index contributed by atoms with van der Waals surface area (Å²) < 4.78 is 15.8. The van der Waals surface area contributed by atoms with Crippen LogP contribution in [0.15, 0.2) is 42.0 Å². The lowest BCUT2D eigenvalue weighted by atomic mass is 10.0. The molecule has 0 aromatic heterocycles. The third-order valence-electron chi connectivity index (χ3n) is 4.63. The molecule has 0 radical (unpaired) electrons. The van der Waals surface area contributed by atoms with Gasteiger partial charge in [0, 0.05) is 0 Å². The summed E-state index contributed by atoms with van der Waals surface area (Å²) in [6.45, 7) is 1.67. The van der Waals surface area contributed by atoms with Crippen LogP contribution in [0.5, 0.6) is 17.2 Å². The molecule has 0 aliphatic carbocycles. The predicted octanol–water partition coefficient (Wildman–Crippen LogP) is 2.14. The lowest BCUT2D eigenvalue weighted by Crippen LogP contribution is -2.39. The van der Waals surface area contributed by atoms with Crippen molar-refractivity contribution in [2.24, 2.45) is 11.5 Å². The number of anilines is 1. The van der Waals surface area contributed by atoms with Crippen LogP contribution in [0.1, 0.15) is 29.3 Å². The zero-order chi connectivity index (χ0) is 23.8. The van der Waals surface area contributed by atoms with Crippen molar-refractivity contribution >= 4 is 29.4 Å². The molecule has 0 fully saturated rings. The quantitative estimate of drug-likeness (QED) is 0.379. The van der Waals surface area contributed by atoms with Crippen molar-refractivity contribution < 1.29 is 28.6 Å². The molecule has 0 saturated carbocycles. The minimum atomic E-state index is -1.10. The van der Waals surface area contributed by atoms with E-state index in [1.54, 1.807) is 49.4 Å². The molecule has 9 nitrogen and oxygen atoms in total. The Labute approximate surface area is 186 Å². The van der Waals surface area contributed by atoms with Gasteiger partial charge in [-0.2, -0.15) is 0 Å². The second-order valence-corrected chi connectivity index (χ2v) is 6.95. The Morgan fingerprint density at radius 3 is 2.25 bits per heavy atom. The summed E-state index contributed by atoms with van der Waals surface area (Å²) in [6.07, 6.45) is 1.38. The van der Waals surface area contributed by atoms with Crippen LogP contribution in [0.2, 0.25) is 0 Å². The van der Waals surface area contributed by atoms with E-state index in [0.717, 1.165) is 0 Å². The number of hydrogen-bond acceptors (Lipinski definition) is 7. The smallest absolute Gasteiger partial charge is 0.241 e. The fourth-order valence-electron chi connectivity index (χ4n) is 2.97. The number of carbonyl (C=O) groups excluding carboxylic acids is 3. The number of primary amides is 1. The van der Waals surface area contributed by atoms with Crippen LogP contribution in [0, 0.1) is 0 Å². The van der Waals surface area contributed by atoms with Gasteiger partial charge in [-0.25, -0.2) is 0 Å². The Balaban J connectivity index is 2.34. The standard InChI is InChI=1S/C23H27N3O6/c1-13(22(28)16-11-15(30-2)6-8-19(16)31-3)9-14-5-7-20(32-4)18(10-14)26-23(29)17(24)12-21(25)27/h5-11,17H,12,24H2,1-4H3,(H2,25,27)(H,26,29). The first-order valence-electron chi connectivity index (χ1n) is 9.68. The van der Waals surface area contributed by atoms with Crippen LogP contribution in [-0.2, 0) is 9.59 Å². The largest absolute Gasteiger partial charge is 0.497 e. The van der Waals surface area contributed by atoms with Gasteiger partial charge in [0.05, 0.1) is 45.0 Å². The molecular formula is C23H27N3O6. The van der Waals surface area contributed by atoms with Crippen LogP contribution < -0.4 is 31.0 Å². The summed E-state index contributed by atoms with van der Waals surface area (Å²) in [4.78, 5) is 36.3. The first-order valence-corrected chi connectivity index (χ1v) is 9.68. The minimum Gasteiger partial charge on any atom is -0.497 e. The van der Waals surface area contributed by atoms with Gasteiger partial charge in [0.1, 0.15) is 17.2 Å². The topological polar surface area (TPSA) is 143 Å². The maximum atomic E-state index is 13.0. The number of ketones is 1. The van der Waals surface area contributed by atoms with Gasteiger partial charge in [-0.1, -0.05) is 6.07 Å². The third-order valence-corrected chi connectivity index (χ3v) is 4.63. The fraction of sp³-hybridized carbons (Fsp3) is 0.261. The fourth-order valence-corrected chi connectivity index (χ4v) is 2.97. The Kier molecular flexibility index (Phi) is 8.37. The van der Waals surface area contributed by atoms with Crippen molar-refractivity contribution in [1.29, 1.82) is 0 Å². The maximum Gasteiger partial charge on any atom is 0.241 e. The van der Waals surface area contributed by atoms with E-state index in [0.29, 0.717) is 39.6 Å². The van der Waals surface area contributed by atoms with Crippen molar-refractivity contribution in [2.45, 2.75) is 19.4 Å². The zero-order valence-corrected chi connectivity index (χ0v) is 18.4. The first-order chi connectivity index (χ1) is 15.2. The number of nitrogens with two attached hydrogens (primary N) is 2. The van der Waals surface area contributed by atoms with E-state index in [1.165, 1.54) is 21.3 Å². The summed E-state index contributed by atoms with van der Waals surface area (Å²) in [5.74, 6) is -0.167. The number of carbonyl (C=O) groups is 3. The van der Waals surface area contributed by atoms with E-state index >= 15 is 0 Å². The predicted molar refractivity (Wildman–Crippen MR) is 121 cm³/mol. The zero-order valence-electron chi connectivity index (χ0n) is 18.4. The van der Waals surface area contributed by atoms with Gasteiger partial charge in [0.2, 0.25) is 11.8 Å². The van der Waals surface area contributed by atoms with Crippen molar-refractivity contribution in [3.8, 4) is 17.2 Å². The molecule has 2 aromatic carbocycles. The molecule has 1 unspecified atom stereocenters. The minimum absolute atomic E-state index is 0.245. The van der Waals surface area contributed by atoms with Crippen molar-refractivity contribution in [1.82, 2.24) is 0 Å². The van der Waals surface area contributed by atoms with E-state index in [-0.39, 0.29) is 12.2 Å². The van der Waals surface area contributed by atoms with Gasteiger partial charge in [0.15, 0.2) is 5.78 Å². The normalized spacial score (nSPS) is 12.0. The number of hydrogen-bond donors (Lipinski definition) is 3. The molecule has 0 aliphatic rings. The number of benzene rings is 2. The molecular weight excluding hydrogens is 414 g/mol. The number of Topliss-reactive ketones (excluding diaryl/α,β-unsaturated/α-hetero) is 1. The van der Waals surface area contributed by atoms with Crippen molar-refractivity contribution in [3.63, 3.8) is 0 Å². The molecule has 2 amide bonds. The van der Waals surface area contributed by atoms with Gasteiger partial charge >= 0.3 is 0 Å². The molecule has 5 N–H and O–H groups in total. The SMILES string of the molecule is COc1ccc(OC)c(C(=O)C(C)=Cc2ccc(OC)c(NC(=O)C(N)CC(N)=O)c2)c1. The highest BCUT2D eigenvalue weighted by atomic mass is 16.5. The summed E-state index contributed by atoms with van der Waals surface area (Å²) in [5, 5.41) is 2.63. The molecule has 2 rings (SSSR count). The van der Waals surface area contributed by atoms with Gasteiger partial charge < -0.3 is 31.0 Å². The highest BCUT2D eigenvalue weighted by Crippen LogP contribution is 2.29. The summed E-state index contributed by atoms with van der Waals surface area (Å²) in [7, 11) is 4.45. The van der Waals surface area contributed by atoms with Crippen LogP contribution in [0.3, 0.4) is 0 Å². The molecule has 32 heavy (non-hydrogen) atoms. The maximum absolute atomic E-state index is 13.0. The first kappa shape index (κ1) is 24.4. The number of amides is 2. The van der Waals surface area contributed by atoms with Gasteiger partial charge in [-0.15, -0.1) is 0 Å². The second kappa shape index (κ2) is 11.0. The van der Waals surface area contributed by atoms with E-state index in [1.807, 2.05) is 0 Å². The number of allylic oxidation sites excluding steroid dienone is 1. The van der Waals surface area contributed by atoms with E-state index < -0.39 is 17.9 Å². The van der Waals surface area contributed by atoms with Gasteiger partial charge in [-0.3, -0.25) is 14.4 Å². The lowest BCUT2D eigenvalue weighted by Gasteiger charge is -2.14. The highest BCUT2D eigenvalue weighted by Gasteiger charge is 2.19. The van der Waals surface area contributed by atoms with Crippen LogP contribution in [0.25, 0.3) is 6.08 Å². The number of methoxy groups -OCH3 is 3. The summed E-state index contributed by atoms with van der Waals surface area (Å²) >= 11 is 0. The summed E-state index contributed by atoms with van der Waals surface area (Å²) in [5.41, 5.74) is 12.6. The molecule has 0 saturated heterocycles.